The maximum atomic E-state index is 8.19. The predicted octanol–water partition coefficient (Wildman–Crippen LogP) is 9.56. The van der Waals surface area contributed by atoms with Crippen molar-refractivity contribution in [3.05, 3.63) is 96.1 Å². The number of aryl methyl sites for hydroxylation is 2. The fraction of sp³-hybridized carbons (Fsp3) is 0.0769. The standard InChI is InChI=1S/C26H23N7O3S/c1-17-15-19(27)3-13-25(17)33-31-23-10-14-26(18(2)16-23)32-30-21-6-4-20(5-7-21)28-29-22-8-11-24(12-9-22)37-36-35-34/h3-16,34H,27H2,1-2H3. The van der Waals surface area contributed by atoms with Crippen molar-refractivity contribution in [2.24, 2.45) is 30.7 Å². The van der Waals surface area contributed by atoms with Crippen LogP contribution >= 0.6 is 12.0 Å². The largest absolute Gasteiger partial charge is 0.399 e. The summed E-state index contributed by atoms with van der Waals surface area (Å²) in [5, 5.41) is 37.5. The predicted molar refractivity (Wildman–Crippen MR) is 143 cm³/mol. The molecule has 0 aliphatic heterocycles. The highest BCUT2D eigenvalue weighted by atomic mass is 32.2. The van der Waals surface area contributed by atoms with Gasteiger partial charge in [-0.25, -0.2) is 5.26 Å². The van der Waals surface area contributed by atoms with Gasteiger partial charge in [0.1, 0.15) is 0 Å². The summed E-state index contributed by atoms with van der Waals surface area (Å²) in [4.78, 5) is 0.741. The Morgan fingerprint density at radius 3 is 1.59 bits per heavy atom. The van der Waals surface area contributed by atoms with Crippen LogP contribution in [0.3, 0.4) is 0 Å². The van der Waals surface area contributed by atoms with Gasteiger partial charge < -0.3 is 5.73 Å². The number of anilines is 1. The van der Waals surface area contributed by atoms with Crippen molar-refractivity contribution in [3.63, 3.8) is 0 Å². The minimum atomic E-state index is 0.667. The Kier molecular flexibility index (Phi) is 8.79. The van der Waals surface area contributed by atoms with Crippen LogP contribution in [0.25, 0.3) is 0 Å². The average Bonchev–Trinajstić information content (AvgIpc) is 2.91. The molecule has 0 heterocycles. The highest BCUT2D eigenvalue weighted by Gasteiger charge is 2.02. The lowest BCUT2D eigenvalue weighted by Crippen LogP contribution is -1.84. The smallest absolute Gasteiger partial charge is 0.0887 e. The van der Waals surface area contributed by atoms with E-state index >= 15 is 0 Å². The summed E-state index contributed by atoms with van der Waals surface area (Å²) in [7, 11) is 0. The number of azo groups is 3. The lowest BCUT2D eigenvalue weighted by molar-refractivity contribution is -0.432. The van der Waals surface area contributed by atoms with E-state index in [1.165, 1.54) is 0 Å². The first-order valence-corrected chi connectivity index (χ1v) is 11.8. The average molecular weight is 514 g/mol. The van der Waals surface area contributed by atoms with Crippen LogP contribution in [0, 0.1) is 13.8 Å². The second kappa shape index (κ2) is 12.6. The second-order valence-electron chi connectivity index (χ2n) is 7.85. The van der Waals surface area contributed by atoms with Crippen LogP contribution in [0.5, 0.6) is 0 Å². The third-order valence-corrected chi connectivity index (χ3v) is 5.67. The van der Waals surface area contributed by atoms with E-state index in [4.69, 9.17) is 11.0 Å². The van der Waals surface area contributed by atoms with Crippen LogP contribution in [0.4, 0.5) is 39.8 Å². The molecule has 4 aromatic carbocycles. The third-order valence-electron chi connectivity index (χ3n) is 5.08. The van der Waals surface area contributed by atoms with Crippen molar-refractivity contribution in [3.8, 4) is 0 Å². The Balaban J connectivity index is 1.36. The highest BCUT2D eigenvalue weighted by Crippen LogP contribution is 2.29. The number of nitrogens with two attached hydrogens (primary N) is 1. The number of benzene rings is 4. The van der Waals surface area contributed by atoms with Gasteiger partial charge >= 0.3 is 0 Å². The van der Waals surface area contributed by atoms with Crippen LogP contribution in [0.2, 0.25) is 0 Å². The van der Waals surface area contributed by atoms with Gasteiger partial charge in [-0.3, -0.25) is 0 Å². The van der Waals surface area contributed by atoms with Crippen molar-refractivity contribution < 1.29 is 14.6 Å². The quantitative estimate of drug-likeness (QED) is 0.0754. The maximum Gasteiger partial charge on any atom is 0.0887 e. The SMILES string of the molecule is Cc1cc(N)ccc1N=Nc1ccc(N=Nc2ccc(N=Nc3ccc(SOOO)cc3)cc2)c(C)c1. The van der Waals surface area contributed by atoms with Crippen molar-refractivity contribution in [2.75, 3.05) is 5.73 Å². The molecule has 186 valence electrons. The molecular weight excluding hydrogens is 490 g/mol. The summed E-state index contributed by atoms with van der Waals surface area (Å²) < 4.78 is 4.38. The number of nitrogens with zero attached hydrogens (tertiary/aromatic N) is 6. The van der Waals surface area contributed by atoms with Gasteiger partial charge in [0.25, 0.3) is 0 Å². The Morgan fingerprint density at radius 2 is 1.05 bits per heavy atom. The van der Waals surface area contributed by atoms with E-state index < -0.39 is 0 Å². The Morgan fingerprint density at radius 1 is 0.595 bits per heavy atom. The van der Waals surface area contributed by atoms with E-state index in [9.17, 15) is 0 Å². The molecule has 10 nitrogen and oxygen atoms in total. The summed E-state index contributed by atoms with van der Waals surface area (Å²) in [6.07, 6.45) is 0. The first-order valence-electron chi connectivity index (χ1n) is 11.1. The Labute approximate surface area is 217 Å². The van der Waals surface area contributed by atoms with Crippen LogP contribution in [-0.4, -0.2) is 5.26 Å². The molecule has 0 aliphatic rings. The molecule has 0 saturated heterocycles. The molecule has 0 spiro atoms. The molecule has 11 heteroatoms. The summed E-state index contributed by atoms with van der Waals surface area (Å²) in [6, 6.07) is 25.4. The molecule has 0 radical (unpaired) electrons. The van der Waals surface area contributed by atoms with E-state index in [1.54, 1.807) is 30.3 Å². The molecule has 0 saturated carbocycles. The van der Waals surface area contributed by atoms with Crippen LogP contribution in [-0.2, 0) is 9.37 Å². The van der Waals surface area contributed by atoms with E-state index in [0.717, 1.165) is 45.1 Å². The molecule has 3 N–H and O–H groups in total. The lowest BCUT2D eigenvalue weighted by Gasteiger charge is -2.02. The van der Waals surface area contributed by atoms with Gasteiger partial charge in [-0.05, 0) is 110 Å². The minimum Gasteiger partial charge on any atom is -0.399 e. The fourth-order valence-electron chi connectivity index (χ4n) is 3.15. The number of nitrogen functional groups attached to an aromatic ring is 1. The Bertz CT molecular complexity index is 1440. The first-order chi connectivity index (χ1) is 18.0. The number of hydrogen-bond acceptors (Lipinski definition) is 11. The third kappa shape index (κ3) is 7.59. The van der Waals surface area contributed by atoms with Gasteiger partial charge in [0, 0.05) is 10.6 Å². The molecular formula is C26H23N7O3S. The Hall–Kier alpha value is -4.29. The summed E-state index contributed by atoms with van der Waals surface area (Å²) in [5.41, 5.74) is 12.7. The van der Waals surface area contributed by atoms with Gasteiger partial charge in [0.2, 0.25) is 0 Å². The van der Waals surface area contributed by atoms with E-state index in [1.807, 2.05) is 68.4 Å². The molecule has 0 bridgehead atoms. The molecule has 0 atom stereocenters. The second-order valence-corrected chi connectivity index (χ2v) is 8.63. The molecule has 4 aromatic rings. The zero-order chi connectivity index (χ0) is 26.0. The first kappa shape index (κ1) is 25.8. The normalized spacial score (nSPS) is 11.8. The van der Waals surface area contributed by atoms with Crippen molar-refractivity contribution in [1.29, 1.82) is 0 Å². The van der Waals surface area contributed by atoms with Gasteiger partial charge in [-0.15, -0.1) is 4.33 Å². The van der Waals surface area contributed by atoms with E-state index in [2.05, 4.69) is 40.1 Å². The molecule has 37 heavy (non-hydrogen) atoms. The van der Waals surface area contributed by atoms with E-state index in [0.29, 0.717) is 22.7 Å². The van der Waals surface area contributed by atoms with Gasteiger partial charge in [-0.2, -0.15) is 30.7 Å². The number of hydrogen-bond donors (Lipinski definition) is 2. The van der Waals surface area contributed by atoms with Crippen LogP contribution < -0.4 is 5.73 Å². The van der Waals surface area contributed by atoms with E-state index in [-0.39, 0.29) is 0 Å². The highest BCUT2D eigenvalue weighted by molar-refractivity contribution is 7.94. The topological polar surface area (TPSA) is 139 Å². The van der Waals surface area contributed by atoms with Crippen LogP contribution in [0.1, 0.15) is 11.1 Å². The molecule has 0 aliphatic carbocycles. The van der Waals surface area contributed by atoms with Gasteiger partial charge in [-0.1, -0.05) is 5.04 Å². The van der Waals surface area contributed by atoms with Crippen molar-refractivity contribution in [1.82, 2.24) is 0 Å². The zero-order valence-corrected chi connectivity index (χ0v) is 20.8. The molecule has 0 unspecified atom stereocenters. The van der Waals surface area contributed by atoms with Gasteiger partial charge in [0.05, 0.1) is 46.2 Å². The summed E-state index contributed by atoms with van der Waals surface area (Å²) in [5.74, 6) is 0. The monoisotopic (exact) mass is 513 g/mol. The summed E-state index contributed by atoms with van der Waals surface area (Å²) in [6.45, 7) is 3.89. The maximum absolute atomic E-state index is 8.19. The number of rotatable bonds is 9. The zero-order valence-electron chi connectivity index (χ0n) is 20.0. The van der Waals surface area contributed by atoms with Crippen molar-refractivity contribution in [2.45, 2.75) is 18.7 Å². The lowest BCUT2D eigenvalue weighted by atomic mass is 10.2. The molecule has 0 fully saturated rings. The molecule has 4 rings (SSSR count). The van der Waals surface area contributed by atoms with Crippen LogP contribution in [0.15, 0.2) is 121 Å². The molecule has 0 amide bonds. The fourth-order valence-corrected chi connectivity index (χ4v) is 3.51. The molecule has 0 aromatic heterocycles. The summed E-state index contributed by atoms with van der Waals surface area (Å²) >= 11 is 0.875. The van der Waals surface area contributed by atoms with Crippen molar-refractivity contribution >= 4 is 51.9 Å². The minimum absolute atomic E-state index is 0.667. The van der Waals surface area contributed by atoms with Gasteiger partial charge in [0.15, 0.2) is 0 Å².